The molecule has 0 radical (unpaired) electrons. The van der Waals surface area contributed by atoms with Crippen LogP contribution in [-0.2, 0) is 9.53 Å². The number of amides is 1. The van der Waals surface area contributed by atoms with Crippen molar-refractivity contribution in [2.75, 3.05) is 11.9 Å². The van der Waals surface area contributed by atoms with Crippen LogP contribution in [0.1, 0.15) is 26.7 Å². The third-order valence-electron chi connectivity index (χ3n) is 2.97. The van der Waals surface area contributed by atoms with E-state index in [0.29, 0.717) is 17.3 Å². The standard InChI is InChI=1S/C15H18ClN3O2S2/c1-3-4-7-21-10(2)14(20)18-11-5-6-13(12(16)8-11)23-15-19-17-9-22-15/h5-6,8-10H,3-4,7H2,1-2H3,(H,18,20). The molecule has 1 aromatic heterocycles. The number of anilines is 1. The molecule has 0 spiro atoms. The third-order valence-corrected chi connectivity index (χ3v) is 5.25. The van der Waals surface area contributed by atoms with Gasteiger partial charge in [0.05, 0.1) is 5.02 Å². The first kappa shape index (κ1) is 18.2. The van der Waals surface area contributed by atoms with E-state index in [9.17, 15) is 4.79 Å². The van der Waals surface area contributed by atoms with Crippen LogP contribution in [0.4, 0.5) is 5.69 Å². The highest BCUT2D eigenvalue weighted by molar-refractivity contribution is 8.01. The maximum atomic E-state index is 12.1. The average molecular weight is 372 g/mol. The molecule has 1 unspecified atom stereocenters. The van der Waals surface area contributed by atoms with Crippen LogP contribution in [0.2, 0.25) is 5.02 Å². The molecular weight excluding hydrogens is 354 g/mol. The molecule has 1 amide bonds. The molecule has 1 N–H and O–H groups in total. The molecule has 5 nitrogen and oxygen atoms in total. The van der Waals surface area contributed by atoms with Crippen LogP contribution in [0.15, 0.2) is 32.9 Å². The van der Waals surface area contributed by atoms with Crippen LogP contribution in [0.5, 0.6) is 0 Å². The molecule has 1 aromatic carbocycles. The van der Waals surface area contributed by atoms with E-state index in [1.165, 1.54) is 23.1 Å². The van der Waals surface area contributed by atoms with Crippen molar-refractivity contribution in [1.82, 2.24) is 10.2 Å². The number of nitrogens with zero attached hydrogens (tertiary/aromatic N) is 2. The second-order valence-electron chi connectivity index (χ2n) is 4.81. The van der Waals surface area contributed by atoms with Crippen LogP contribution < -0.4 is 5.32 Å². The summed E-state index contributed by atoms with van der Waals surface area (Å²) in [5.41, 5.74) is 2.32. The van der Waals surface area contributed by atoms with Crippen molar-refractivity contribution in [2.24, 2.45) is 0 Å². The fourth-order valence-corrected chi connectivity index (χ4v) is 3.42. The lowest BCUT2D eigenvalue weighted by Gasteiger charge is -2.13. The number of aromatic nitrogens is 2. The Morgan fingerprint density at radius 3 is 3.00 bits per heavy atom. The summed E-state index contributed by atoms with van der Waals surface area (Å²) >= 11 is 9.16. The van der Waals surface area contributed by atoms with Gasteiger partial charge in [-0.2, -0.15) is 0 Å². The van der Waals surface area contributed by atoms with Gasteiger partial charge in [-0.25, -0.2) is 0 Å². The summed E-state index contributed by atoms with van der Waals surface area (Å²) in [6.45, 7) is 4.41. The fraction of sp³-hybridized carbons (Fsp3) is 0.400. The number of rotatable bonds is 8. The van der Waals surface area contributed by atoms with Gasteiger partial charge in [-0.3, -0.25) is 4.79 Å². The molecule has 0 saturated carbocycles. The molecule has 0 bridgehead atoms. The summed E-state index contributed by atoms with van der Waals surface area (Å²) in [5, 5.41) is 11.1. The number of hydrogen-bond acceptors (Lipinski definition) is 6. The highest BCUT2D eigenvalue weighted by Crippen LogP contribution is 2.35. The van der Waals surface area contributed by atoms with E-state index in [1.807, 2.05) is 12.1 Å². The van der Waals surface area contributed by atoms with Gasteiger partial charge in [0.25, 0.3) is 5.91 Å². The molecule has 0 saturated heterocycles. The average Bonchev–Trinajstić information content (AvgIpc) is 3.03. The van der Waals surface area contributed by atoms with Gasteiger partial charge in [0.2, 0.25) is 0 Å². The first-order valence-electron chi connectivity index (χ1n) is 7.26. The third kappa shape index (κ3) is 5.76. The topological polar surface area (TPSA) is 64.1 Å². The predicted molar refractivity (Wildman–Crippen MR) is 94.4 cm³/mol. The SMILES string of the molecule is CCCCOC(C)C(=O)Nc1ccc(Sc2nncs2)c(Cl)c1. The molecule has 0 aliphatic rings. The van der Waals surface area contributed by atoms with E-state index >= 15 is 0 Å². The Labute approximate surface area is 148 Å². The van der Waals surface area contributed by atoms with Crippen LogP contribution in [0, 0.1) is 0 Å². The number of carbonyl (C=O) groups is 1. The zero-order valence-corrected chi connectivity index (χ0v) is 15.3. The number of carbonyl (C=O) groups excluding carboxylic acids is 1. The summed E-state index contributed by atoms with van der Waals surface area (Å²) in [7, 11) is 0. The number of ether oxygens (including phenoxy) is 1. The molecular formula is C15H18ClN3O2S2. The van der Waals surface area contributed by atoms with Gasteiger partial charge in [0.1, 0.15) is 11.6 Å². The molecule has 23 heavy (non-hydrogen) atoms. The molecule has 8 heteroatoms. The minimum atomic E-state index is -0.490. The monoisotopic (exact) mass is 371 g/mol. The summed E-state index contributed by atoms with van der Waals surface area (Å²) in [4.78, 5) is 12.9. The Hall–Kier alpha value is -1.15. The summed E-state index contributed by atoms with van der Waals surface area (Å²) < 4.78 is 6.30. The number of nitrogens with one attached hydrogen (secondary N) is 1. The molecule has 0 fully saturated rings. The lowest BCUT2D eigenvalue weighted by Crippen LogP contribution is -2.28. The number of halogens is 1. The fourth-order valence-electron chi connectivity index (χ4n) is 1.69. The maximum Gasteiger partial charge on any atom is 0.253 e. The second kappa shape index (κ2) is 9.22. The molecule has 1 heterocycles. The van der Waals surface area contributed by atoms with Crippen molar-refractivity contribution in [3.05, 3.63) is 28.7 Å². The van der Waals surface area contributed by atoms with Crippen molar-refractivity contribution >= 4 is 46.3 Å². The second-order valence-corrected chi connectivity index (χ2v) is 7.34. The maximum absolute atomic E-state index is 12.1. The highest BCUT2D eigenvalue weighted by atomic mass is 35.5. The molecule has 1 atom stereocenters. The summed E-state index contributed by atoms with van der Waals surface area (Å²) in [6, 6.07) is 5.39. The van der Waals surface area contributed by atoms with Crippen molar-refractivity contribution in [1.29, 1.82) is 0 Å². The van der Waals surface area contributed by atoms with Gasteiger partial charge in [-0.05, 0) is 31.5 Å². The predicted octanol–water partition coefficient (Wildman–Crippen LogP) is 4.49. The van der Waals surface area contributed by atoms with Crippen molar-refractivity contribution < 1.29 is 9.53 Å². The Morgan fingerprint density at radius 2 is 2.35 bits per heavy atom. The normalized spacial score (nSPS) is 12.1. The van der Waals surface area contributed by atoms with Gasteiger partial charge in [-0.1, -0.05) is 48.0 Å². The van der Waals surface area contributed by atoms with Crippen molar-refractivity contribution in [3.8, 4) is 0 Å². The van der Waals surface area contributed by atoms with Gasteiger partial charge < -0.3 is 10.1 Å². The summed E-state index contributed by atoms with van der Waals surface area (Å²) in [6.07, 6.45) is 1.49. The first-order chi connectivity index (χ1) is 11.1. The minimum absolute atomic E-state index is 0.179. The van der Waals surface area contributed by atoms with Crippen LogP contribution in [-0.4, -0.2) is 28.8 Å². The Balaban J connectivity index is 1.93. The summed E-state index contributed by atoms with van der Waals surface area (Å²) in [5.74, 6) is -0.179. The lowest BCUT2D eigenvalue weighted by molar-refractivity contribution is -0.126. The smallest absolute Gasteiger partial charge is 0.253 e. The molecule has 2 aromatic rings. The molecule has 0 aliphatic heterocycles. The van der Waals surface area contributed by atoms with Crippen LogP contribution in [0.25, 0.3) is 0 Å². The highest BCUT2D eigenvalue weighted by Gasteiger charge is 2.14. The molecule has 0 aliphatic carbocycles. The quantitative estimate of drug-likeness (QED) is 0.693. The van der Waals surface area contributed by atoms with Gasteiger partial charge in [0, 0.05) is 17.2 Å². The Bertz CT molecular complexity index is 638. The minimum Gasteiger partial charge on any atom is -0.369 e. The van der Waals surface area contributed by atoms with Gasteiger partial charge in [-0.15, -0.1) is 10.2 Å². The number of hydrogen-bond donors (Lipinski definition) is 1. The zero-order valence-electron chi connectivity index (χ0n) is 12.9. The van der Waals surface area contributed by atoms with E-state index in [1.54, 1.807) is 18.5 Å². The first-order valence-corrected chi connectivity index (χ1v) is 9.33. The van der Waals surface area contributed by atoms with Crippen LogP contribution >= 0.6 is 34.7 Å². The number of benzene rings is 1. The lowest BCUT2D eigenvalue weighted by atomic mass is 10.3. The van der Waals surface area contributed by atoms with Crippen LogP contribution in [0.3, 0.4) is 0 Å². The van der Waals surface area contributed by atoms with Crippen molar-refractivity contribution in [2.45, 2.75) is 42.0 Å². The zero-order chi connectivity index (χ0) is 16.7. The Morgan fingerprint density at radius 1 is 1.52 bits per heavy atom. The van der Waals surface area contributed by atoms with Gasteiger partial charge >= 0.3 is 0 Å². The van der Waals surface area contributed by atoms with Gasteiger partial charge in [0.15, 0.2) is 4.34 Å². The Kier molecular flexibility index (Phi) is 7.29. The van der Waals surface area contributed by atoms with E-state index in [2.05, 4.69) is 22.4 Å². The largest absolute Gasteiger partial charge is 0.369 e. The van der Waals surface area contributed by atoms with Crippen molar-refractivity contribution in [3.63, 3.8) is 0 Å². The van der Waals surface area contributed by atoms with E-state index in [-0.39, 0.29) is 5.91 Å². The molecule has 124 valence electrons. The van der Waals surface area contributed by atoms with E-state index < -0.39 is 6.10 Å². The molecule has 2 rings (SSSR count). The number of unbranched alkanes of at least 4 members (excludes halogenated alkanes) is 1. The van der Waals surface area contributed by atoms with E-state index in [0.717, 1.165) is 22.1 Å². The van der Waals surface area contributed by atoms with E-state index in [4.69, 9.17) is 16.3 Å².